The Morgan fingerprint density at radius 3 is 2.85 bits per heavy atom. The van der Waals surface area contributed by atoms with Crippen molar-refractivity contribution in [2.75, 3.05) is 5.73 Å². The van der Waals surface area contributed by atoms with Crippen molar-refractivity contribution in [3.8, 4) is 0 Å². The minimum atomic E-state index is -0.964. The molecule has 0 aliphatic rings. The topological polar surface area (TPSA) is 41.8 Å². The molecule has 0 radical (unpaired) electrons. The molecule has 0 amide bonds. The van der Waals surface area contributed by atoms with E-state index in [1.807, 2.05) is 12.1 Å². The molecule has 1 aromatic carbocycles. The van der Waals surface area contributed by atoms with Crippen LogP contribution in [-0.4, -0.2) is 4.98 Å². The first-order chi connectivity index (χ1) is 6.16. The minimum absolute atomic E-state index is 0.598. The maximum atomic E-state index is 12.9. The van der Waals surface area contributed by atoms with Gasteiger partial charge in [-0.2, -0.15) is 0 Å². The van der Waals surface area contributed by atoms with Crippen molar-refractivity contribution in [3.63, 3.8) is 0 Å². The van der Waals surface area contributed by atoms with Gasteiger partial charge < -0.3 is 10.7 Å². The molecule has 68 valence electrons. The Balaban J connectivity index is 2.62. The lowest BCUT2D eigenvalue weighted by atomic mass is 10.2. The smallest absolute Gasteiger partial charge is 0.137 e. The summed E-state index contributed by atoms with van der Waals surface area (Å²) in [7, 11) is 0. The van der Waals surface area contributed by atoms with Gasteiger partial charge in [0.15, 0.2) is 0 Å². The number of nitrogens with two attached hydrogens (primary N) is 1. The van der Waals surface area contributed by atoms with Crippen LogP contribution >= 0.6 is 0 Å². The van der Waals surface area contributed by atoms with Gasteiger partial charge in [0.05, 0.1) is 5.69 Å². The molecule has 3 N–H and O–H groups in total. The highest BCUT2D eigenvalue weighted by molar-refractivity contribution is 5.83. The van der Waals surface area contributed by atoms with Crippen LogP contribution in [0.15, 0.2) is 24.3 Å². The fourth-order valence-corrected chi connectivity index (χ4v) is 1.38. The third kappa shape index (κ3) is 1.37. The zero-order valence-corrected chi connectivity index (χ0v) is 7.34. The lowest BCUT2D eigenvalue weighted by Gasteiger charge is -1.94. The Morgan fingerprint density at radius 2 is 2.15 bits per heavy atom. The number of fused-ring (bicyclic) bond motifs is 1. The lowest BCUT2D eigenvalue weighted by molar-refractivity contribution is 0.367. The van der Waals surface area contributed by atoms with Gasteiger partial charge in [0.2, 0.25) is 0 Å². The lowest BCUT2D eigenvalue weighted by Crippen LogP contribution is -1.84. The Morgan fingerprint density at radius 1 is 1.38 bits per heavy atom. The third-order valence-corrected chi connectivity index (χ3v) is 2.10. The highest BCUT2D eigenvalue weighted by Gasteiger charge is 2.06. The molecule has 0 fully saturated rings. The number of aromatic nitrogens is 1. The minimum Gasteiger partial charge on any atom is -0.399 e. The fraction of sp³-hybridized carbons (Fsp3) is 0.200. The van der Waals surface area contributed by atoms with Gasteiger partial charge in [-0.15, -0.1) is 0 Å². The predicted molar refractivity (Wildman–Crippen MR) is 52.2 cm³/mol. The molecule has 3 heteroatoms. The van der Waals surface area contributed by atoms with Gasteiger partial charge in [0.1, 0.15) is 6.17 Å². The second kappa shape index (κ2) is 2.76. The van der Waals surface area contributed by atoms with E-state index in [2.05, 4.69) is 4.98 Å². The standard InChI is InChI=1S/C10H11FN2/c1-6(11)9-4-7-2-3-8(12)5-10(7)13-9/h2-6,13H,12H2,1H3. The number of aromatic amines is 1. The number of alkyl halides is 1. The summed E-state index contributed by atoms with van der Waals surface area (Å²) >= 11 is 0. The van der Waals surface area contributed by atoms with Crippen molar-refractivity contribution in [2.24, 2.45) is 0 Å². The van der Waals surface area contributed by atoms with Crippen molar-refractivity contribution in [2.45, 2.75) is 13.1 Å². The molecule has 1 atom stereocenters. The summed E-state index contributed by atoms with van der Waals surface area (Å²) in [6.45, 7) is 1.51. The molecule has 13 heavy (non-hydrogen) atoms. The Hall–Kier alpha value is -1.51. The summed E-state index contributed by atoms with van der Waals surface area (Å²) in [4.78, 5) is 2.98. The van der Waals surface area contributed by atoms with Crippen molar-refractivity contribution in [1.29, 1.82) is 0 Å². The van der Waals surface area contributed by atoms with E-state index in [1.165, 1.54) is 6.92 Å². The van der Waals surface area contributed by atoms with Crippen LogP contribution < -0.4 is 5.73 Å². The van der Waals surface area contributed by atoms with Crippen molar-refractivity contribution < 1.29 is 4.39 Å². The van der Waals surface area contributed by atoms with Crippen LogP contribution in [0.5, 0.6) is 0 Å². The molecule has 0 bridgehead atoms. The molecule has 1 heterocycles. The van der Waals surface area contributed by atoms with Crippen LogP contribution in [0.4, 0.5) is 10.1 Å². The van der Waals surface area contributed by atoms with Crippen LogP contribution in [0.25, 0.3) is 10.9 Å². The van der Waals surface area contributed by atoms with Crippen LogP contribution in [0.2, 0.25) is 0 Å². The van der Waals surface area contributed by atoms with Gasteiger partial charge in [0.25, 0.3) is 0 Å². The largest absolute Gasteiger partial charge is 0.399 e. The van der Waals surface area contributed by atoms with Crippen LogP contribution in [0.1, 0.15) is 18.8 Å². The number of rotatable bonds is 1. The molecule has 0 aliphatic heterocycles. The van der Waals surface area contributed by atoms with Gasteiger partial charge in [0, 0.05) is 11.2 Å². The van der Waals surface area contributed by atoms with Crippen LogP contribution in [0.3, 0.4) is 0 Å². The first-order valence-electron chi connectivity index (χ1n) is 4.19. The molecule has 0 aliphatic carbocycles. The van der Waals surface area contributed by atoms with Crippen molar-refractivity contribution in [1.82, 2.24) is 4.98 Å². The molecule has 2 rings (SSSR count). The van der Waals surface area contributed by atoms with E-state index in [4.69, 9.17) is 5.73 Å². The Labute approximate surface area is 75.6 Å². The van der Waals surface area contributed by atoms with Gasteiger partial charge in [-0.25, -0.2) is 4.39 Å². The number of anilines is 1. The van der Waals surface area contributed by atoms with E-state index in [0.29, 0.717) is 11.4 Å². The average molecular weight is 178 g/mol. The molecule has 2 aromatic rings. The number of benzene rings is 1. The summed E-state index contributed by atoms with van der Waals surface area (Å²) in [6, 6.07) is 7.30. The second-order valence-electron chi connectivity index (χ2n) is 3.19. The number of H-pyrrole nitrogens is 1. The van der Waals surface area contributed by atoms with E-state index in [9.17, 15) is 4.39 Å². The Bertz CT molecular complexity index is 431. The summed E-state index contributed by atoms with van der Waals surface area (Å²) in [5.41, 5.74) is 7.77. The molecule has 2 nitrogen and oxygen atoms in total. The van der Waals surface area contributed by atoms with Gasteiger partial charge in [-0.05, 0) is 30.5 Å². The van der Waals surface area contributed by atoms with Crippen LogP contribution in [-0.2, 0) is 0 Å². The molecule has 0 saturated heterocycles. The SMILES string of the molecule is CC(F)c1cc2ccc(N)cc2[nH]1. The van der Waals surface area contributed by atoms with E-state index in [1.54, 1.807) is 12.1 Å². The summed E-state index contributed by atoms with van der Waals surface area (Å²) in [5.74, 6) is 0. The summed E-state index contributed by atoms with van der Waals surface area (Å²) in [5, 5.41) is 0.994. The number of nitrogen functional groups attached to an aromatic ring is 1. The van der Waals surface area contributed by atoms with E-state index in [0.717, 1.165) is 10.9 Å². The third-order valence-electron chi connectivity index (χ3n) is 2.10. The highest BCUT2D eigenvalue weighted by Crippen LogP contribution is 2.23. The number of nitrogens with one attached hydrogen (secondary N) is 1. The molecule has 1 aromatic heterocycles. The normalized spacial score (nSPS) is 13.4. The predicted octanol–water partition coefficient (Wildman–Crippen LogP) is 2.78. The fourth-order valence-electron chi connectivity index (χ4n) is 1.38. The maximum Gasteiger partial charge on any atom is 0.137 e. The maximum absolute atomic E-state index is 12.9. The monoisotopic (exact) mass is 178 g/mol. The first kappa shape index (κ1) is 8.10. The Kier molecular flexibility index (Phi) is 1.72. The van der Waals surface area contributed by atoms with E-state index in [-0.39, 0.29) is 0 Å². The molecule has 1 unspecified atom stereocenters. The van der Waals surface area contributed by atoms with E-state index >= 15 is 0 Å². The molecular weight excluding hydrogens is 167 g/mol. The quantitative estimate of drug-likeness (QED) is 0.648. The molecule has 0 spiro atoms. The first-order valence-corrected chi connectivity index (χ1v) is 4.19. The van der Waals surface area contributed by atoms with Crippen molar-refractivity contribution >= 4 is 16.6 Å². The highest BCUT2D eigenvalue weighted by atomic mass is 19.1. The zero-order chi connectivity index (χ0) is 9.42. The molecule has 0 saturated carbocycles. The second-order valence-corrected chi connectivity index (χ2v) is 3.19. The van der Waals surface area contributed by atoms with Crippen molar-refractivity contribution in [3.05, 3.63) is 30.0 Å². The number of hydrogen-bond acceptors (Lipinski definition) is 1. The van der Waals surface area contributed by atoms with Gasteiger partial charge in [-0.3, -0.25) is 0 Å². The van der Waals surface area contributed by atoms with Gasteiger partial charge >= 0.3 is 0 Å². The molecular formula is C10H11FN2. The number of hydrogen-bond donors (Lipinski definition) is 2. The van der Waals surface area contributed by atoms with Crippen LogP contribution in [0, 0.1) is 0 Å². The van der Waals surface area contributed by atoms with Gasteiger partial charge in [-0.1, -0.05) is 6.07 Å². The summed E-state index contributed by atoms with van der Waals surface area (Å²) in [6.07, 6.45) is -0.964. The van der Waals surface area contributed by atoms with E-state index < -0.39 is 6.17 Å². The zero-order valence-electron chi connectivity index (χ0n) is 7.34. The number of halogens is 1. The summed E-state index contributed by atoms with van der Waals surface area (Å²) < 4.78 is 12.9. The average Bonchev–Trinajstić information content (AvgIpc) is 2.46.